The minimum atomic E-state index is -1.07. The molecule has 0 bridgehead atoms. The van der Waals surface area contributed by atoms with Crippen LogP contribution in [0, 0.1) is 0 Å². The first-order valence-corrected chi connectivity index (χ1v) is 12.5. The molecule has 188 valence electrons. The van der Waals surface area contributed by atoms with Gasteiger partial charge in [0, 0.05) is 31.6 Å². The number of rotatable bonds is 10. The van der Waals surface area contributed by atoms with Crippen molar-refractivity contribution in [3.63, 3.8) is 0 Å². The first kappa shape index (κ1) is 24.5. The normalized spacial score (nSPS) is 16.7. The molecule has 0 unspecified atom stereocenters. The van der Waals surface area contributed by atoms with Gasteiger partial charge < -0.3 is 19.9 Å². The van der Waals surface area contributed by atoms with Gasteiger partial charge in [-0.3, -0.25) is 4.79 Å². The molecule has 6 nitrogen and oxygen atoms in total. The molecular weight excluding hydrogens is 464 g/mol. The van der Waals surface area contributed by atoms with Crippen LogP contribution in [0.1, 0.15) is 23.1 Å². The van der Waals surface area contributed by atoms with Gasteiger partial charge in [-0.05, 0) is 46.2 Å². The Morgan fingerprint density at radius 1 is 0.946 bits per heavy atom. The zero-order chi connectivity index (χ0) is 25.5. The second-order valence-corrected chi connectivity index (χ2v) is 9.17. The van der Waals surface area contributed by atoms with E-state index in [-0.39, 0.29) is 19.1 Å². The molecule has 1 atom stereocenters. The molecular formula is C31H30N2O4. The number of amides is 1. The second kappa shape index (κ2) is 11.3. The van der Waals surface area contributed by atoms with Crippen LogP contribution >= 0.6 is 0 Å². The number of carbonyl (C=O) groups is 1. The number of aliphatic imine (C=N–C) groups is 1. The highest BCUT2D eigenvalue weighted by atomic mass is 16.5. The number of fused-ring (bicyclic) bond motifs is 1. The molecule has 6 heteroatoms. The second-order valence-electron chi connectivity index (χ2n) is 9.17. The molecule has 0 radical (unpaired) electrons. The number of nitrogens with one attached hydrogen (secondary N) is 1. The first-order valence-electron chi connectivity index (χ1n) is 12.5. The molecule has 4 aromatic rings. The van der Waals surface area contributed by atoms with Gasteiger partial charge in [-0.25, -0.2) is 4.99 Å². The van der Waals surface area contributed by atoms with E-state index in [2.05, 4.69) is 23.5 Å². The maximum Gasteiger partial charge on any atom is 0.252 e. The number of ether oxygens (including phenoxy) is 2. The Labute approximate surface area is 216 Å². The Bertz CT molecular complexity index is 1380. The third kappa shape index (κ3) is 5.65. The van der Waals surface area contributed by atoms with E-state index in [4.69, 9.17) is 19.6 Å². The summed E-state index contributed by atoms with van der Waals surface area (Å²) in [5, 5.41) is 14.3. The fraction of sp³-hybridized carbons (Fsp3) is 0.226. The van der Waals surface area contributed by atoms with Gasteiger partial charge in [0.15, 0.2) is 5.54 Å². The summed E-state index contributed by atoms with van der Waals surface area (Å²) in [5.41, 5.74) is 1.79. The van der Waals surface area contributed by atoms with Crippen molar-refractivity contribution in [2.75, 3.05) is 19.8 Å². The molecule has 1 aliphatic heterocycles. The Morgan fingerprint density at radius 3 is 2.51 bits per heavy atom. The highest BCUT2D eigenvalue weighted by Crippen LogP contribution is 2.28. The monoisotopic (exact) mass is 494 g/mol. The predicted octanol–water partition coefficient (Wildman–Crippen LogP) is 4.68. The molecule has 1 amide bonds. The van der Waals surface area contributed by atoms with Crippen molar-refractivity contribution >= 4 is 22.6 Å². The van der Waals surface area contributed by atoms with Crippen LogP contribution < -0.4 is 10.1 Å². The molecule has 0 spiro atoms. The van der Waals surface area contributed by atoms with Crippen LogP contribution in [0.25, 0.3) is 10.8 Å². The standard InChI is InChI=1S/C31H30N2O4/c34-18-7-19-36-27-16-14-25(15-17-27)29-33-31(22-37-29,20-23-8-2-1-3-9-23)30(35)32-21-26-12-6-11-24-10-4-5-13-28(24)26/h1-6,8-17,34H,7,18-22H2,(H,32,35)/t31-/m1/s1. The summed E-state index contributed by atoms with van der Waals surface area (Å²) in [5.74, 6) is 0.987. The van der Waals surface area contributed by atoms with Gasteiger partial charge in [0.1, 0.15) is 12.4 Å². The molecule has 0 fully saturated rings. The average Bonchev–Trinajstić information content (AvgIpc) is 3.38. The molecule has 37 heavy (non-hydrogen) atoms. The van der Waals surface area contributed by atoms with E-state index in [9.17, 15) is 4.79 Å². The lowest BCUT2D eigenvalue weighted by Crippen LogP contribution is -2.48. The summed E-state index contributed by atoms with van der Waals surface area (Å²) in [7, 11) is 0. The molecule has 5 rings (SSSR count). The number of aliphatic hydroxyl groups excluding tert-OH is 1. The van der Waals surface area contributed by atoms with Crippen LogP contribution in [0.2, 0.25) is 0 Å². The van der Waals surface area contributed by atoms with Gasteiger partial charge in [-0.2, -0.15) is 0 Å². The van der Waals surface area contributed by atoms with Crippen molar-refractivity contribution in [1.82, 2.24) is 5.32 Å². The highest BCUT2D eigenvalue weighted by molar-refractivity contribution is 6.00. The van der Waals surface area contributed by atoms with Crippen LogP contribution in [0.5, 0.6) is 5.75 Å². The van der Waals surface area contributed by atoms with Crippen molar-refractivity contribution < 1.29 is 19.4 Å². The molecule has 1 heterocycles. The van der Waals surface area contributed by atoms with E-state index in [1.54, 1.807) is 0 Å². The Kier molecular flexibility index (Phi) is 7.47. The summed E-state index contributed by atoms with van der Waals surface area (Å²) in [6.45, 7) is 1.11. The van der Waals surface area contributed by atoms with E-state index in [1.165, 1.54) is 0 Å². The number of carbonyl (C=O) groups excluding carboxylic acids is 1. The molecule has 0 saturated heterocycles. The van der Waals surface area contributed by atoms with Crippen molar-refractivity contribution in [1.29, 1.82) is 0 Å². The quantitative estimate of drug-likeness (QED) is 0.314. The predicted molar refractivity (Wildman–Crippen MR) is 145 cm³/mol. The third-order valence-electron chi connectivity index (χ3n) is 6.52. The molecule has 1 aliphatic rings. The first-order chi connectivity index (χ1) is 18.2. The largest absolute Gasteiger partial charge is 0.494 e. The van der Waals surface area contributed by atoms with Crippen LogP contribution in [0.15, 0.2) is 102 Å². The Morgan fingerprint density at radius 2 is 1.70 bits per heavy atom. The molecule has 0 saturated carbocycles. The van der Waals surface area contributed by atoms with E-state index in [0.717, 1.165) is 27.5 Å². The fourth-order valence-electron chi connectivity index (χ4n) is 4.55. The highest BCUT2D eigenvalue weighted by Gasteiger charge is 2.44. The number of benzene rings is 4. The SMILES string of the molecule is O=C(NCc1cccc2ccccc12)[C@@]1(Cc2ccccc2)COC(c2ccc(OCCCO)cc2)=N1. The maximum atomic E-state index is 13.7. The van der Waals surface area contributed by atoms with E-state index in [1.807, 2.05) is 78.9 Å². The van der Waals surface area contributed by atoms with Gasteiger partial charge >= 0.3 is 0 Å². The average molecular weight is 495 g/mol. The maximum absolute atomic E-state index is 13.7. The summed E-state index contributed by atoms with van der Waals surface area (Å²) < 4.78 is 11.6. The van der Waals surface area contributed by atoms with Gasteiger partial charge in [-0.1, -0.05) is 72.8 Å². The minimum Gasteiger partial charge on any atom is -0.494 e. The van der Waals surface area contributed by atoms with Crippen molar-refractivity contribution in [2.45, 2.75) is 24.9 Å². The van der Waals surface area contributed by atoms with Crippen LogP contribution in [-0.2, 0) is 22.5 Å². The molecule has 0 aliphatic carbocycles. The fourth-order valence-corrected chi connectivity index (χ4v) is 4.55. The number of hydrogen-bond acceptors (Lipinski definition) is 5. The lowest BCUT2D eigenvalue weighted by molar-refractivity contribution is -0.126. The van der Waals surface area contributed by atoms with E-state index < -0.39 is 5.54 Å². The summed E-state index contributed by atoms with van der Waals surface area (Å²) in [4.78, 5) is 18.6. The van der Waals surface area contributed by atoms with E-state index in [0.29, 0.717) is 37.6 Å². The van der Waals surface area contributed by atoms with E-state index >= 15 is 0 Å². The van der Waals surface area contributed by atoms with Crippen molar-refractivity contribution in [2.24, 2.45) is 4.99 Å². The Balaban J connectivity index is 1.38. The topological polar surface area (TPSA) is 80.2 Å². The van der Waals surface area contributed by atoms with Gasteiger partial charge in [0.05, 0.1) is 6.61 Å². The minimum absolute atomic E-state index is 0.0921. The lowest BCUT2D eigenvalue weighted by Gasteiger charge is -2.23. The van der Waals surface area contributed by atoms with Gasteiger partial charge in [0.25, 0.3) is 5.91 Å². The lowest BCUT2D eigenvalue weighted by atomic mass is 9.91. The van der Waals surface area contributed by atoms with Crippen molar-refractivity contribution in [3.05, 3.63) is 114 Å². The Hall–Kier alpha value is -4.16. The van der Waals surface area contributed by atoms with Crippen LogP contribution in [0.3, 0.4) is 0 Å². The summed E-state index contributed by atoms with van der Waals surface area (Å²) in [6.07, 6.45) is 1.01. The van der Waals surface area contributed by atoms with Crippen LogP contribution in [-0.4, -0.2) is 42.3 Å². The molecule has 4 aromatic carbocycles. The molecule has 0 aromatic heterocycles. The number of nitrogens with zero attached hydrogens (tertiary/aromatic N) is 1. The molecule has 2 N–H and O–H groups in total. The van der Waals surface area contributed by atoms with Crippen LogP contribution in [0.4, 0.5) is 0 Å². The smallest absolute Gasteiger partial charge is 0.252 e. The number of aliphatic hydroxyl groups is 1. The zero-order valence-corrected chi connectivity index (χ0v) is 20.6. The van der Waals surface area contributed by atoms with Gasteiger partial charge in [-0.15, -0.1) is 0 Å². The van der Waals surface area contributed by atoms with Gasteiger partial charge in [0.2, 0.25) is 5.90 Å². The zero-order valence-electron chi connectivity index (χ0n) is 20.6. The summed E-state index contributed by atoms with van der Waals surface area (Å²) >= 11 is 0. The van der Waals surface area contributed by atoms with Crippen molar-refractivity contribution in [3.8, 4) is 5.75 Å². The summed E-state index contributed by atoms with van der Waals surface area (Å²) in [6, 6.07) is 31.6. The third-order valence-corrected chi connectivity index (χ3v) is 6.52. The number of hydrogen-bond donors (Lipinski definition) is 2.